The van der Waals surface area contributed by atoms with Gasteiger partial charge in [-0.05, 0) is 19.8 Å². The Labute approximate surface area is 142 Å². The Morgan fingerprint density at radius 2 is 1.96 bits per heavy atom. The van der Waals surface area contributed by atoms with E-state index in [0.29, 0.717) is 30.7 Å². The second-order valence-corrected chi connectivity index (χ2v) is 6.36. The summed E-state index contributed by atoms with van der Waals surface area (Å²) in [4.78, 5) is 16.2. The van der Waals surface area contributed by atoms with Crippen LogP contribution < -0.4 is 10.6 Å². The molecule has 0 spiro atoms. The number of nitrogens with zero attached hydrogens (tertiary/aromatic N) is 2. The zero-order chi connectivity index (χ0) is 16.8. The van der Waals surface area contributed by atoms with Gasteiger partial charge in [0.1, 0.15) is 0 Å². The van der Waals surface area contributed by atoms with Crippen LogP contribution in [0.5, 0.6) is 0 Å². The maximum atomic E-state index is 11.9. The van der Waals surface area contributed by atoms with Crippen molar-refractivity contribution in [3.63, 3.8) is 0 Å². The van der Waals surface area contributed by atoms with Gasteiger partial charge in [0.25, 0.3) is 0 Å². The number of benzene rings is 1. The summed E-state index contributed by atoms with van der Waals surface area (Å²) >= 11 is 0. The van der Waals surface area contributed by atoms with E-state index in [0.717, 1.165) is 18.4 Å². The SMILES string of the molecule is Cc1ccc(-c2noc(CCNC(=O)NC3CCCCC3)n2)cc1. The van der Waals surface area contributed by atoms with Gasteiger partial charge in [-0.25, -0.2) is 4.79 Å². The highest BCUT2D eigenvalue weighted by molar-refractivity contribution is 5.74. The van der Waals surface area contributed by atoms with Gasteiger partial charge in [0.2, 0.25) is 11.7 Å². The Kier molecular flexibility index (Phi) is 5.46. The molecule has 128 valence electrons. The molecule has 24 heavy (non-hydrogen) atoms. The lowest BCUT2D eigenvalue weighted by atomic mass is 9.96. The van der Waals surface area contributed by atoms with Crippen molar-refractivity contribution in [1.29, 1.82) is 0 Å². The Bertz CT molecular complexity index is 660. The van der Waals surface area contributed by atoms with Crippen molar-refractivity contribution in [3.05, 3.63) is 35.7 Å². The molecule has 0 unspecified atom stereocenters. The molecular formula is C18H24N4O2. The van der Waals surface area contributed by atoms with Crippen molar-refractivity contribution in [3.8, 4) is 11.4 Å². The van der Waals surface area contributed by atoms with Gasteiger partial charge >= 0.3 is 6.03 Å². The number of hydrogen-bond acceptors (Lipinski definition) is 4. The lowest BCUT2D eigenvalue weighted by Crippen LogP contribution is -2.43. The van der Waals surface area contributed by atoms with Gasteiger partial charge in [-0.2, -0.15) is 4.98 Å². The first kappa shape index (κ1) is 16.5. The standard InChI is InChI=1S/C18H24N4O2/c1-13-7-9-14(10-8-13)17-21-16(24-22-17)11-12-19-18(23)20-15-5-3-2-4-6-15/h7-10,15H,2-6,11-12H2,1H3,(H2,19,20,23). The van der Waals surface area contributed by atoms with Crippen LogP contribution in [0.25, 0.3) is 11.4 Å². The molecule has 3 rings (SSSR count). The van der Waals surface area contributed by atoms with E-state index >= 15 is 0 Å². The molecule has 0 radical (unpaired) electrons. The van der Waals surface area contributed by atoms with Gasteiger partial charge in [0.15, 0.2) is 0 Å². The van der Waals surface area contributed by atoms with Crippen molar-refractivity contribution in [2.75, 3.05) is 6.54 Å². The maximum Gasteiger partial charge on any atom is 0.315 e. The monoisotopic (exact) mass is 328 g/mol. The average Bonchev–Trinajstić information content (AvgIpc) is 3.05. The smallest absolute Gasteiger partial charge is 0.315 e. The van der Waals surface area contributed by atoms with Gasteiger partial charge < -0.3 is 15.2 Å². The van der Waals surface area contributed by atoms with Gasteiger partial charge in [-0.1, -0.05) is 54.2 Å². The Morgan fingerprint density at radius 1 is 1.21 bits per heavy atom. The molecule has 0 atom stereocenters. The van der Waals surface area contributed by atoms with E-state index in [-0.39, 0.29) is 6.03 Å². The predicted octanol–water partition coefficient (Wildman–Crippen LogP) is 3.22. The minimum atomic E-state index is -0.111. The quantitative estimate of drug-likeness (QED) is 0.883. The van der Waals surface area contributed by atoms with Crippen LogP contribution in [0, 0.1) is 6.92 Å². The van der Waals surface area contributed by atoms with Crippen LogP contribution in [0.3, 0.4) is 0 Å². The third kappa shape index (κ3) is 4.57. The molecule has 6 heteroatoms. The zero-order valence-corrected chi connectivity index (χ0v) is 14.0. The highest BCUT2D eigenvalue weighted by Crippen LogP contribution is 2.17. The topological polar surface area (TPSA) is 80.0 Å². The molecule has 1 fully saturated rings. The molecule has 1 aliphatic rings. The van der Waals surface area contributed by atoms with E-state index in [1.54, 1.807) is 0 Å². The molecule has 1 aromatic heterocycles. The summed E-state index contributed by atoms with van der Waals surface area (Å²) in [5, 5.41) is 9.87. The van der Waals surface area contributed by atoms with Crippen molar-refractivity contribution in [1.82, 2.24) is 20.8 Å². The number of amides is 2. The van der Waals surface area contributed by atoms with Crippen molar-refractivity contribution in [2.45, 2.75) is 51.5 Å². The molecular weight excluding hydrogens is 304 g/mol. The lowest BCUT2D eigenvalue weighted by Gasteiger charge is -2.22. The third-order valence-electron chi connectivity index (χ3n) is 4.34. The van der Waals surface area contributed by atoms with Crippen LogP contribution >= 0.6 is 0 Å². The van der Waals surface area contributed by atoms with Crippen molar-refractivity contribution < 1.29 is 9.32 Å². The first-order valence-corrected chi connectivity index (χ1v) is 8.65. The fraction of sp³-hybridized carbons (Fsp3) is 0.500. The van der Waals surface area contributed by atoms with Gasteiger partial charge in [-0.3, -0.25) is 0 Å². The Morgan fingerprint density at radius 3 is 2.71 bits per heavy atom. The number of aromatic nitrogens is 2. The molecule has 1 aliphatic carbocycles. The number of carbonyl (C=O) groups excluding carboxylic acids is 1. The minimum absolute atomic E-state index is 0.111. The number of urea groups is 1. The minimum Gasteiger partial charge on any atom is -0.339 e. The van der Waals surface area contributed by atoms with Crippen LogP contribution in [0.2, 0.25) is 0 Å². The van der Waals surface area contributed by atoms with E-state index in [4.69, 9.17) is 4.52 Å². The van der Waals surface area contributed by atoms with Crippen LogP contribution in [0.15, 0.2) is 28.8 Å². The average molecular weight is 328 g/mol. The van der Waals surface area contributed by atoms with E-state index in [9.17, 15) is 4.79 Å². The van der Waals surface area contributed by atoms with Gasteiger partial charge in [0.05, 0.1) is 0 Å². The highest BCUT2D eigenvalue weighted by Gasteiger charge is 2.15. The first-order valence-electron chi connectivity index (χ1n) is 8.65. The first-order chi connectivity index (χ1) is 11.7. The van der Waals surface area contributed by atoms with Crippen LogP contribution in [-0.4, -0.2) is 28.8 Å². The van der Waals surface area contributed by atoms with Gasteiger partial charge in [0, 0.05) is 24.6 Å². The molecule has 0 saturated heterocycles. The number of aryl methyl sites for hydroxylation is 1. The molecule has 1 saturated carbocycles. The summed E-state index contributed by atoms with van der Waals surface area (Å²) < 4.78 is 5.25. The lowest BCUT2D eigenvalue weighted by molar-refractivity contribution is 0.232. The molecule has 0 aliphatic heterocycles. The highest BCUT2D eigenvalue weighted by atomic mass is 16.5. The van der Waals surface area contributed by atoms with E-state index in [2.05, 4.69) is 20.8 Å². The number of nitrogens with one attached hydrogen (secondary N) is 2. The summed E-state index contributed by atoms with van der Waals surface area (Å²) in [5.74, 6) is 1.11. The van der Waals surface area contributed by atoms with E-state index in [1.165, 1.54) is 24.8 Å². The van der Waals surface area contributed by atoms with Crippen LogP contribution in [-0.2, 0) is 6.42 Å². The second-order valence-electron chi connectivity index (χ2n) is 6.36. The summed E-state index contributed by atoms with van der Waals surface area (Å²) in [6.45, 7) is 2.52. The number of carbonyl (C=O) groups is 1. The van der Waals surface area contributed by atoms with Crippen molar-refractivity contribution in [2.24, 2.45) is 0 Å². The molecule has 2 amide bonds. The van der Waals surface area contributed by atoms with E-state index in [1.807, 2.05) is 31.2 Å². The number of hydrogen-bond donors (Lipinski definition) is 2. The third-order valence-corrected chi connectivity index (χ3v) is 4.34. The predicted molar refractivity (Wildman–Crippen MR) is 91.6 cm³/mol. The van der Waals surface area contributed by atoms with Crippen molar-refractivity contribution >= 4 is 6.03 Å². The number of rotatable bonds is 5. The molecule has 2 aromatic rings. The molecule has 2 N–H and O–H groups in total. The summed E-state index contributed by atoms with van der Waals surface area (Å²) in [6.07, 6.45) is 6.37. The molecule has 6 nitrogen and oxygen atoms in total. The summed E-state index contributed by atoms with van der Waals surface area (Å²) in [5.41, 5.74) is 2.12. The summed E-state index contributed by atoms with van der Waals surface area (Å²) in [6, 6.07) is 8.18. The molecule has 1 aromatic carbocycles. The molecule has 1 heterocycles. The van der Waals surface area contributed by atoms with Crippen LogP contribution in [0.1, 0.15) is 43.6 Å². The Balaban J connectivity index is 1.43. The summed E-state index contributed by atoms with van der Waals surface area (Å²) in [7, 11) is 0. The largest absolute Gasteiger partial charge is 0.339 e. The zero-order valence-electron chi connectivity index (χ0n) is 14.0. The second kappa shape index (κ2) is 7.95. The normalized spacial score (nSPS) is 15.2. The molecule has 0 bridgehead atoms. The van der Waals surface area contributed by atoms with Crippen LogP contribution in [0.4, 0.5) is 4.79 Å². The maximum absolute atomic E-state index is 11.9. The fourth-order valence-electron chi connectivity index (χ4n) is 2.94. The Hall–Kier alpha value is -2.37. The van der Waals surface area contributed by atoms with Gasteiger partial charge in [-0.15, -0.1) is 0 Å². The fourth-order valence-corrected chi connectivity index (χ4v) is 2.94. The van der Waals surface area contributed by atoms with E-state index < -0.39 is 0 Å².